The molecule has 2 aromatic carbocycles. The fourth-order valence-electron chi connectivity index (χ4n) is 3.94. The average Bonchev–Trinajstić information content (AvgIpc) is 3.38. The topological polar surface area (TPSA) is 110 Å². The smallest absolute Gasteiger partial charge is 0.280 e. The van der Waals surface area contributed by atoms with Gasteiger partial charge in [0.25, 0.3) is 5.91 Å². The number of hydrogen-bond donors (Lipinski definition) is 1. The highest BCUT2D eigenvalue weighted by Gasteiger charge is 2.21. The van der Waals surface area contributed by atoms with Gasteiger partial charge in [-0.3, -0.25) is 14.8 Å². The van der Waals surface area contributed by atoms with Gasteiger partial charge in [0.15, 0.2) is 22.9 Å². The molecular weight excluding hydrogens is 541 g/mol. The van der Waals surface area contributed by atoms with Crippen molar-refractivity contribution in [2.45, 2.75) is 6.92 Å². The number of nitrogens with zero attached hydrogens (tertiary/aromatic N) is 4. The summed E-state index contributed by atoms with van der Waals surface area (Å²) in [7, 11) is 3.06. The number of fused-ring (bicyclic) bond motifs is 1. The molecule has 0 aliphatic heterocycles. The van der Waals surface area contributed by atoms with Crippen LogP contribution in [0.2, 0.25) is 5.02 Å². The second-order valence-electron chi connectivity index (χ2n) is 8.28. The molecule has 12 heteroatoms. The molecule has 0 atom stereocenters. The maximum Gasteiger partial charge on any atom is 0.280 e. The van der Waals surface area contributed by atoms with Crippen molar-refractivity contribution in [1.82, 2.24) is 19.7 Å². The van der Waals surface area contributed by atoms with E-state index in [0.29, 0.717) is 38.9 Å². The first-order valence-electron chi connectivity index (χ1n) is 12.0. The Kier molecular flexibility index (Phi) is 7.65. The molecule has 0 aliphatic carbocycles. The molecule has 0 fully saturated rings. The maximum absolute atomic E-state index is 15.1. The highest BCUT2D eigenvalue weighted by atomic mass is 35.5. The van der Waals surface area contributed by atoms with Gasteiger partial charge in [-0.25, -0.2) is 9.07 Å². The summed E-state index contributed by atoms with van der Waals surface area (Å²) in [6.07, 6.45) is 6.12. The second-order valence-corrected chi connectivity index (χ2v) is 8.69. The van der Waals surface area contributed by atoms with E-state index in [9.17, 15) is 4.79 Å². The predicted octanol–water partition coefficient (Wildman–Crippen LogP) is 6.07. The van der Waals surface area contributed by atoms with Crippen molar-refractivity contribution in [3.8, 4) is 34.4 Å². The number of aromatic nitrogens is 4. The largest absolute Gasteiger partial charge is 0.493 e. The minimum atomic E-state index is -0.712. The van der Waals surface area contributed by atoms with Crippen molar-refractivity contribution < 1.29 is 28.1 Å². The zero-order valence-electron chi connectivity index (χ0n) is 21.6. The van der Waals surface area contributed by atoms with Crippen LogP contribution < -0.4 is 24.3 Å². The Labute approximate surface area is 233 Å². The van der Waals surface area contributed by atoms with E-state index in [4.69, 9.17) is 30.5 Å². The molecule has 204 valence electrons. The van der Waals surface area contributed by atoms with E-state index < -0.39 is 11.7 Å². The van der Waals surface area contributed by atoms with Gasteiger partial charge < -0.3 is 24.3 Å². The van der Waals surface area contributed by atoms with Gasteiger partial charge in [-0.2, -0.15) is 5.10 Å². The third-order valence-electron chi connectivity index (χ3n) is 5.81. The molecule has 1 amide bonds. The highest BCUT2D eigenvalue weighted by molar-refractivity contribution is 6.32. The number of rotatable bonds is 9. The lowest BCUT2D eigenvalue weighted by Gasteiger charge is -2.13. The minimum absolute atomic E-state index is 0.0471. The molecule has 5 aromatic rings. The zero-order valence-corrected chi connectivity index (χ0v) is 22.4. The molecule has 0 radical (unpaired) electrons. The van der Waals surface area contributed by atoms with Gasteiger partial charge in [0.2, 0.25) is 0 Å². The Balaban J connectivity index is 1.39. The monoisotopic (exact) mass is 563 g/mol. The number of amides is 1. The molecule has 10 nitrogen and oxygen atoms in total. The Morgan fingerprint density at radius 2 is 1.82 bits per heavy atom. The lowest BCUT2D eigenvalue weighted by Crippen LogP contribution is -2.15. The van der Waals surface area contributed by atoms with Gasteiger partial charge in [-0.1, -0.05) is 11.6 Å². The summed E-state index contributed by atoms with van der Waals surface area (Å²) in [6.45, 7) is 2.06. The van der Waals surface area contributed by atoms with Crippen LogP contribution in [0.5, 0.6) is 28.7 Å². The number of benzene rings is 2. The SMILES string of the molecule is CCOc1cn(-c2cnccc2Cl)nc1C(=O)Nc1ccc(Oc2ccnc3cc(OC)c(OC)cc23)cc1F. The minimum Gasteiger partial charge on any atom is -0.493 e. The van der Waals surface area contributed by atoms with Crippen LogP contribution >= 0.6 is 11.6 Å². The van der Waals surface area contributed by atoms with E-state index in [1.165, 1.54) is 55.7 Å². The number of methoxy groups -OCH3 is 2. The number of anilines is 1. The van der Waals surface area contributed by atoms with Crippen molar-refractivity contribution in [1.29, 1.82) is 0 Å². The van der Waals surface area contributed by atoms with Gasteiger partial charge in [0.05, 0.1) is 49.4 Å². The Morgan fingerprint density at radius 3 is 2.55 bits per heavy atom. The van der Waals surface area contributed by atoms with E-state index >= 15 is 4.39 Å². The Bertz CT molecular complexity index is 1710. The molecule has 0 saturated carbocycles. The van der Waals surface area contributed by atoms with E-state index in [2.05, 4.69) is 20.4 Å². The summed E-state index contributed by atoms with van der Waals surface area (Å²) in [5, 5.41) is 7.86. The third kappa shape index (κ3) is 5.32. The predicted molar refractivity (Wildman–Crippen MR) is 147 cm³/mol. The molecule has 0 bridgehead atoms. The molecule has 0 unspecified atom stereocenters. The van der Waals surface area contributed by atoms with Crippen molar-refractivity contribution >= 4 is 34.1 Å². The molecule has 3 heterocycles. The molecule has 0 aliphatic rings. The quantitative estimate of drug-likeness (QED) is 0.230. The average molecular weight is 564 g/mol. The van der Waals surface area contributed by atoms with Crippen LogP contribution in [0.25, 0.3) is 16.6 Å². The first-order valence-corrected chi connectivity index (χ1v) is 12.4. The first kappa shape index (κ1) is 26.7. The van der Waals surface area contributed by atoms with Crippen LogP contribution in [0.3, 0.4) is 0 Å². The summed E-state index contributed by atoms with van der Waals surface area (Å²) in [5.74, 6) is 0.485. The van der Waals surface area contributed by atoms with Crippen LogP contribution in [0.4, 0.5) is 10.1 Å². The molecule has 0 spiro atoms. The number of ether oxygens (including phenoxy) is 4. The van der Waals surface area contributed by atoms with Crippen LogP contribution in [-0.4, -0.2) is 46.5 Å². The van der Waals surface area contributed by atoms with Gasteiger partial charge in [-0.05, 0) is 37.3 Å². The zero-order chi connectivity index (χ0) is 28.2. The summed E-state index contributed by atoms with van der Waals surface area (Å²) in [4.78, 5) is 21.5. The Hall–Kier alpha value is -4.90. The van der Waals surface area contributed by atoms with Crippen molar-refractivity contribution in [3.05, 3.63) is 83.8 Å². The molecular formula is C28H23ClFN5O5. The fourth-order valence-corrected chi connectivity index (χ4v) is 4.14. The summed E-state index contributed by atoms with van der Waals surface area (Å²) in [5.41, 5.74) is 0.946. The van der Waals surface area contributed by atoms with Crippen molar-refractivity contribution in [3.63, 3.8) is 0 Å². The van der Waals surface area contributed by atoms with Gasteiger partial charge >= 0.3 is 0 Å². The van der Waals surface area contributed by atoms with Gasteiger partial charge in [-0.15, -0.1) is 0 Å². The molecule has 3 aromatic heterocycles. The van der Waals surface area contributed by atoms with E-state index in [-0.39, 0.29) is 29.5 Å². The van der Waals surface area contributed by atoms with Crippen molar-refractivity contribution in [2.24, 2.45) is 0 Å². The number of pyridine rings is 2. The van der Waals surface area contributed by atoms with E-state index in [0.717, 1.165) is 0 Å². The lowest BCUT2D eigenvalue weighted by molar-refractivity contribution is 0.101. The first-order chi connectivity index (χ1) is 19.4. The highest BCUT2D eigenvalue weighted by Crippen LogP contribution is 2.37. The molecule has 0 saturated heterocycles. The normalized spacial score (nSPS) is 10.8. The molecule has 1 N–H and O–H groups in total. The van der Waals surface area contributed by atoms with Crippen LogP contribution in [-0.2, 0) is 0 Å². The molecule has 5 rings (SSSR count). The summed E-state index contributed by atoms with van der Waals surface area (Å²) < 4.78 is 38.7. The second kappa shape index (κ2) is 11.5. The molecule has 40 heavy (non-hydrogen) atoms. The van der Waals surface area contributed by atoms with Crippen LogP contribution in [0, 0.1) is 5.82 Å². The van der Waals surface area contributed by atoms with Crippen molar-refractivity contribution in [2.75, 3.05) is 26.1 Å². The summed E-state index contributed by atoms with van der Waals surface area (Å²) in [6, 6.07) is 10.8. The number of halogens is 2. The number of nitrogens with one attached hydrogen (secondary N) is 1. The maximum atomic E-state index is 15.1. The number of hydrogen-bond acceptors (Lipinski definition) is 8. The standard InChI is InChI=1S/C28H23ClFN5O5/c1-4-39-26-15-35(22-14-31-9-7-18(22)29)34-27(26)28(36)33-20-6-5-16(11-19(20)30)40-23-8-10-32-21-13-25(38-3)24(37-2)12-17(21)23/h5-15H,4H2,1-3H3,(H,33,36). The Morgan fingerprint density at radius 1 is 1.02 bits per heavy atom. The number of carbonyl (C=O) groups excluding carboxylic acids is 1. The fraction of sp³-hybridized carbons (Fsp3) is 0.143. The van der Waals surface area contributed by atoms with E-state index in [1.54, 1.807) is 37.4 Å². The van der Waals surface area contributed by atoms with Gasteiger partial charge in [0, 0.05) is 29.9 Å². The third-order valence-corrected chi connectivity index (χ3v) is 6.13. The van der Waals surface area contributed by atoms with Gasteiger partial charge in [0.1, 0.15) is 23.0 Å². The lowest BCUT2D eigenvalue weighted by atomic mass is 10.2. The number of carbonyl (C=O) groups is 1. The van der Waals surface area contributed by atoms with Crippen LogP contribution in [0.15, 0.2) is 67.3 Å². The van der Waals surface area contributed by atoms with Crippen LogP contribution in [0.1, 0.15) is 17.4 Å². The van der Waals surface area contributed by atoms with E-state index in [1.807, 2.05) is 0 Å². The summed E-state index contributed by atoms with van der Waals surface area (Å²) >= 11 is 6.24.